The van der Waals surface area contributed by atoms with Gasteiger partial charge in [-0.2, -0.15) is 5.26 Å². The second-order valence-corrected chi connectivity index (χ2v) is 7.96. The third kappa shape index (κ3) is 5.71. The van der Waals surface area contributed by atoms with Crippen LogP contribution < -0.4 is 10.1 Å². The Hall–Kier alpha value is -3.11. The van der Waals surface area contributed by atoms with Crippen LogP contribution in [0.25, 0.3) is 6.08 Å². The molecule has 0 heterocycles. The second-order valence-electron chi connectivity index (χ2n) is 7.11. The van der Waals surface area contributed by atoms with E-state index >= 15 is 0 Å². The third-order valence-electron chi connectivity index (χ3n) is 4.89. The van der Waals surface area contributed by atoms with Crippen LogP contribution in [0.2, 0.25) is 0 Å². The van der Waals surface area contributed by atoms with Crippen LogP contribution in [-0.4, -0.2) is 23.0 Å². The Labute approximate surface area is 183 Å². The Morgan fingerprint density at radius 3 is 2.67 bits per heavy atom. The molecule has 0 radical (unpaired) electrons. The average molecular weight is 469 g/mol. The summed E-state index contributed by atoms with van der Waals surface area (Å²) < 4.78 is 6.44. The van der Waals surface area contributed by atoms with Crippen molar-refractivity contribution in [3.63, 3.8) is 0 Å². The van der Waals surface area contributed by atoms with Crippen molar-refractivity contribution < 1.29 is 19.4 Å². The zero-order chi connectivity index (χ0) is 21.5. The predicted molar refractivity (Wildman–Crippen MR) is 116 cm³/mol. The lowest BCUT2D eigenvalue weighted by atomic mass is 10.1. The van der Waals surface area contributed by atoms with Crippen molar-refractivity contribution in [2.45, 2.75) is 38.3 Å². The first-order valence-electron chi connectivity index (χ1n) is 9.63. The molecule has 30 heavy (non-hydrogen) atoms. The number of carboxylic acid groups (broad SMARTS) is 1. The van der Waals surface area contributed by atoms with Gasteiger partial charge in [0.2, 0.25) is 0 Å². The molecule has 0 bridgehead atoms. The fraction of sp³-hybridized carbons (Fsp3) is 0.261. The molecule has 0 atom stereocenters. The number of carbonyl (C=O) groups is 2. The van der Waals surface area contributed by atoms with Crippen LogP contribution in [0.15, 0.2) is 52.5 Å². The van der Waals surface area contributed by atoms with E-state index < -0.39 is 5.97 Å². The van der Waals surface area contributed by atoms with Crippen LogP contribution in [0, 0.1) is 11.3 Å². The van der Waals surface area contributed by atoms with E-state index in [9.17, 15) is 14.9 Å². The van der Waals surface area contributed by atoms with Gasteiger partial charge in [-0.15, -0.1) is 0 Å². The number of benzene rings is 2. The molecule has 1 saturated carbocycles. The number of ether oxygens (including phenoxy) is 1. The zero-order valence-electron chi connectivity index (χ0n) is 16.2. The predicted octanol–water partition coefficient (Wildman–Crippen LogP) is 4.69. The van der Waals surface area contributed by atoms with E-state index in [1.54, 1.807) is 42.5 Å². The van der Waals surface area contributed by atoms with Crippen molar-refractivity contribution in [1.82, 2.24) is 5.32 Å². The standard InChI is InChI=1S/C23H21BrN2O4/c24-20-12-15(10-18(13-25)22(27)26-19-6-1-2-7-19)8-9-21(20)30-14-16-4-3-5-17(11-16)23(28)29/h3-5,8-12,19H,1-2,6-7,14H2,(H,26,27)(H,28,29)/b18-10-. The summed E-state index contributed by atoms with van der Waals surface area (Å²) in [6, 6.07) is 13.9. The molecule has 0 spiro atoms. The van der Waals surface area contributed by atoms with Gasteiger partial charge in [-0.3, -0.25) is 4.79 Å². The minimum atomic E-state index is -0.987. The van der Waals surface area contributed by atoms with Gasteiger partial charge < -0.3 is 15.2 Å². The number of carboxylic acids is 1. The van der Waals surface area contributed by atoms with Crippen LogP contribution in [0.4, 0.5) is 0 Å². The summed E-state index contributed by atoms with van der Waals surface area (Å²) >= 11 is 3.45. The largest absolute Gasteiger partial charge is 0.488 e. The molecular weight excluding hydrogens is 448 g/mol. The number of hydrogen-bond acceptors (Lipinski definition) is 4. The van der Waals surface area contributed by atoms with Gasteiger partial charge in [0.05, 0.1) is 10.0 Å². The number of nitrogens with one attached hydrogen (secondary N) is 1. The summed E-state index contributed by atoms with van der Waals surface area (Å²) in [5, 5.41) is 21.4. The van der Waals surface area contributed by atoms with Crippen molar-refractivity contribution in [3.05, 3.63) is 69.2 Å². The Morgan fingerprint density at radius 1 is 1.23 bits per heavy atom. The lowest BCUT2D eigenvalue weighted by Crippen LogP contribution is -2.33. The van der Waals surface area contributed by atoms with Gasteiger partial charge in [0.1, 0.15) is 24.0 Å². The molecule has 2 aromatic rings. The van der Waals surface area contributed by atoms with E-state index in [4.69, 9.17) is 9.84 Å². The maximum absolute atomic E-state index is 12.3. The first kappa shape index (κ1) is 21.6. The molecule has 2 aromatic carbocycles. The third-order valence-corrected chi connectivity index (χ3v) is 5.51. The molecule has 0 aliphatic heterocycles. The highest BCUT2D eigenvalue weighted by atomic mass is 79.9. The van der Waals surface area contributed by atoms with E-state index in [0.717, 1.165) is 31.2 Å². The molecule has 0 aromatic heterocycles. The molecule has 1 fully saturated rings. The molecule has 1 aliphatic carbocycles. The van der Waals surface area contributed by atoms with Gasteiger partial charge in [-0.1, -0.05) is 31.0 Å². The number of amides is 1. The van der Waals surface area contributed by atoms with E-state index in [2.05, 4.69) is 21.2 Å². The highest BCUT2D eigenvalue weighted by Gasteiger charge is 2.19. The summed E-state index contributed by atoms with van der Waals surface area (Å²) in [4.78, 5) is 23.4. The quantitative estimate of drug-likeness (QED) is 0.453. The summed E-state index contributed by atoms with van der Waals surface area (Å²) in [5.41, 5.74) is 1.70. The monoisotopic (exact) mass is 468 g/mol. The topological polar surface area (TPSA) is 99.4 Å². The minimum absolute atomic E-state index is 0.0629. The van der Waals surface area contributed by atoms with Gasteiger partial charge in [-0.05, 0) is 70.2 Å². The highest BCUT2D eigenvalue weighted by Crippen LogP contribution is 2.28. The Kier molecular flexibility index (Phi) is 7.26. The Morgan fingerprint density at radius 2 is 2.00 bits per heavy atom. The maximum Gasteiger partial charge on any atom is 0.335 e. The molecule has 0 saturated heterocycles. The van der Waals surface area contributed by atoms with Crippen LogP contribution in [0.1, 0.15) is 47.2 Å². The second kappa shape index (κ2) is 10.1. The Bertz CT molecular complexity index is 1020. The lowest BCUT2D eigenvalue weighted by Gasteiger charge is -2.11. The van der Waals surface area contributed by atoms with Crippen molar-refractivity contribution in [2.24, 2.45) is 0 Å². The van der Waals surface area contributed by atoms with Crippen LogP contribution >= 0.6 is 15.9 Å². The SMILES string of the molecule is N#C/C(=C/c1ccc(OCc2cccc(C(=O)O)c2)c(Br)c1)C(=O)NC1CCCC1. The molecular formula is C23H21BrN2O4. The molecule has 6 nitrogen and oxygen atoms in total. The Balaban J connectivity index is 1.67. The van der Waals surface area contributed by atoms with Crippen molar-refractivity contribution in [1.29, 1.82) is 5.26 Å². The number of carbonyl (C=O) groups excluding carboxylic acids is 1. The fourth-order valence-electron chi connectivity index (χ4n) is 3.33. The van der Waals surface area contributed by atoms with Crippen molar-refractivity contribution in [3.8, 4) is 11.8 Å². The molecule has 7 heteroatoms. The number of hydrogen-bond donors (Lipinski definition) is 2. The number of aromatic carboxylic acids is 1. The van der Waals surface area contributed by atoms with Gasteiger partial charge >= 0.3 is 5.97 Å². The van der Waals surface area contributed by atoms with Crippen LogP contribution in [-0.2, 0) is 11.4 Å². The highest BCUT2D eigenvalue weighted by molar-refractivity contribution is 9.10. The number of nitriles is 1. The summed E-state index contributed by atoms with van der Waals surface area (Å²) in [7, 11) is 0. The average Bonchev–Trinajstić information content (AvgIpc) is 3.24. The number of halogens is 1. The molecule has 0 unspecified atom stereocenters. The number of nitrogens with zero attached hydrogens (tertiary/aromatic N) is 1. The molecule has 154 valence electrons. The summed E-state index contributed by atoms with van der Waals surface area (Å²) in [6.07, 6.45) is 5.67. The fourth-order valence-corrected chi connectivity index (χ4v) is 3.84. The molecule has 3 rings (SSSR count). The first-order chi connectivity index (χ1) is 14.5. The first-order valence-corrected chi connectivity index (χ1v) is 10.4. The van der Waals surface area contributed by atoms with Crippen LogP contribution in [0.5, 0.6) is 5.75 Å². The molecule has 2 N–H and O–H groups in total. The zero-order valence-corrected chi connectivity index (χ0v) is 17.8. The lowest BCUT2D eigenvalue weighted by molar-refractivity contribution is -0.117. The maximum atomic E-state index is 12.3. The normalized spacial score (nSPS) is 14.2. The van der Waals surface area contributed by atoms with Crippen LogP contribution in [0.3, 0.4) is 0 Å². The summed E-state index contributed by atoms with van der Waals surface area (Å²) in [6.45, 7) is 0.210. The van der Waals surface area contributed by atoms with E-state index in [1.807, 2.05) is 6.07 Å². The molecule has 1 aliphatic rings. The van der Waals surface area contributed by atoms with Gasteiger partial charge in [0.15, 0.2) is 0 Å². The number of rotatable bonds is 7. The van der Waals surface area contributed by atoms with Gasteiger partial charge in [0, 0.05) is 6.04 Å². The van der Waals surface area contributed by atoms with E-state index in [1.165, 1.54) is 6.07 Å². The molecule has 1 amide bonds. The van der Waals surface area contributed by atoms with E-state index in [-0.39, 0.29) is 29.7 Å². The summed E-state index contributed by atoms with van der Waals surface area (Å²) in [5.74, 6) is -0.764. The van der Waals surface area contributed by atoms with E-state index in [0.29, 0.717) is 15.8 Å². The van der Waals surface area contributed by atoms with Gasteiger partial charge in [-0.25, -0.2) is 4.79 Å². The minimum Gasteiger partial charge on any atom is -0.488 e. The van der Waals surface area contributed by atoms with Crippen molar-refractivity contribution >= 4 is 33.9 Å². The smallest absolute Gasteiger partial charge is 0.335 e. The van der Waals surface area contributed by atoms with Crippen molar-refractivity contribution in [2.75, 3.05) is 0 Å². The van der Waals surface area contributed by atoms with Gasteiger partial charge in [0.25, 0.3) is 5.91 Å².